The van der Waals surface area contributed by atoms with Gasteiger partial charge in [0.1, 0.15) is 0 Å². The summed E-state index contributed by atoms with van der Waals surface area (Å²) >= 11 is 6.01. The zero-order valence-corrected chi connectivity index (χ0v) is 15.5. The second-order valence-corrected chi connectivity index (χ2v) is 7.18. The zero-order chi connectivity index (χ0) is 18.3. The molecule has 1 amide bonds. The van der Waals surface area contributed by atoms with Gasteiger partial charge in [0, 0.05) is 46.5 Å². The molecule has 132 valence electrons. The summed E-state index contributed by atoms with van der Waals surface area (Å²) in [5, 5.41) is 5.41. The average molecular weight is 366 g/mol. The van der Waals surface area contributed by atoms with Gasteiger partial charge >= 0.3 is 0 Å². The number of carbonyl (C=O) groups excluding carboxylic acids is 1. The Morgan fingerprint density at radius 3 is 2.69 bits per heavy atom. The molecule has 1 aromatic heterocycles. The van der Waals surface area contributed by atoms with Crippen molar-refractivity contribution in [1.29, 1.82) is 0 Å². The van der Waals surface area contributed by atoms with E-state index in [1.165, 1.54) is 0 Å². The summed E-state index contributed by atoms with van der Waals surface area (Å²) in [4.78, 5) is 18.7. The normalized spacial score (nSPS) is 19.3. The second-order valence-electron chi connectivity index (χ2n) is 6.75. The summed E-state index contributed by atoms with van der Waals surface area (Å²) in [6, 6.07) is 15.9. The van der Waals surface area contributed by atoms with E-state index in [1.54, 1.807) is 13.1 Å². The molecule has 0 unspecified atom stereocenters. The van der Waals surface area contributed by atoms with Gasteiger partial charge in [0.25, 0.3) is 0 Å². The fraction of sp³-hybridized carbons (Fsp3) is 0.238. The number of fused-ring (bicyclic) bond motifs is 3. The van der Waals surface area contributed by atoms with Gasteiger partial charge in [0.15, 0.2) is 0 Å². The van der Waals surface area contributed by atoms with Crippen LogP contribution in [0.4, 0.5) is 11.4 Å². The van der Waals surface area contributed by atoms with Gasteiger partial charge in [-0.25, -0.2) is 0 Å². The fourth-order valence-corrected chi connectivity index (χ4v) is 4.03. The van der Waals surface area contributed by atoms with Gasteiger partial charge in [-0.05, 0) is 55.8 Å². The molecule has 0 spiro atoms. The minimum absolute atomic E-state index is 0.0620. The number of hydrogen-bond donors (Lipinski definition) is 1. The molecule has 3 aromatic rings. The summed E-state index contributed by atoms with van der Waals surface area (Å²) in [6.07, 6.45) is 2.62. The topological polar surface area (TPSA) is 45.2 Å². The number of halogens is 1. The zero-order valence-electron chi connectivity index (χ0n) is 14.7. The Morgan fingerprint density at radius 1 is 1.19 bits per heavy atom. The first-order valence-electron chi connectivity index (χ1n) is 8.74. The van der Waals surface area contributed by atoms with E-state index in [4.69, 9.17) is 11.6 Å². The van der Waals surface area contributed by atoms with Crippen molar-refractivity contribution in [2.24, 2.45) is 0 Å². The van der Waals surface area contributed by atoms with Crippen molar-refractivity contribution in [1.82, 2.24) is 4.98 Å². The molecule has 4 rings (SSSR count). The Labute approximate surface area is 157 Å². The summed E-state index contributed by atoms with van der Waals surface area (Å²) in [5.41, 5.74) is 4.03. The number of carbonyl (C=O) groups is 1. The molecule has 0 bridgehead atoms. The van der Waals surface area contributed by atoms with Crippen LogP contribution in [0.3, 0.4) is 0 Å². The molecule has 2 atom stereocenters. The van der Waals surface area contributed by atoms with Crippen molar-refractivity contribution in [3.63, 3.8) is 0 Å². The van der Waals surface area contributed by atoms with Crippen LogP contribution in [0.5, 0.6) is 0 Å². The number of benzene rings is 2. The van der Waals surface area contributed by atoms with Crippen LogP contribution >= 0.6 is 11.6 Å². The summed E-state index contributed by atoms with van der Waals surface area (Å²) in [6.45, 7) is 3.72. The number of hydrogen-bond acceptors (Lipinski definition) is 3. The number of nitrogens with zero attached hydrogens (tertiary/aromatic N) is 2. The van der Waals surface area contributed by atoms with Gasteiger partial charge in [-0.2, -0.15) is 0 Å². The molecule has 5 heteroatoms. The van der Waals surface area contributed by atoms with Crippen LogP contribution in [0.1, 0.15) is 31.9 Å². The van der Waals surface area contributed by atoms with Gasteiger partial charge in [0.05, 0.1) is 11.6 Å². The molecule has 2 heterocycles. The molecule has 1 aliphatic rings. The summed E-state index contributed by atoms with van der Waals surface area (Å²) in [5.74, 6) is 0.0620. The van der Waals surface area contributed by atoms with Crippen LogP contribution in [0.2, 0.25) is 5.02 Å². The first-order chi connectivity index (χ1) is 12.5. The lowest BCUT2D eigenvalue weighted by molar-refractivity contribution is -0.117. The van der Waals surface area contributed by atoms with E-state index in [9.17, 15) is 4.79 Å². The molecule has 26 heavy (non-hydrogen) atoms. The number of rotatable bonds is 2. The van der Waals surface area contributed by atoms with E-state index >= 15 is 0 Å². The van der Waals surface area contributed by atoms with Crippen LogP contribution in [0.15, 0.2) is 54.7 Å². The Morgan fingerprint density at radius 2 is 1.96 bits per heavy atom. The minimum atomic E-state index is 0.0620. The van der Waals surface area contributed by atoms with Gasteiger partial charge < -0.3 is 10.2 Å². The number of anilines is 2. The van der Waals surface area contributed by atoms with Crippen LogP contribution in [0.25, 0.3) is 10.9 Å². The van der Waals surface area contributed by atoms with Crippen molar-refractivity contribution in [2.75, 3.05) is 10.2 Å². The molecule has 4 nitrogen and oxygen atoms in total. The number of pyridine rings is 1. The second kappa shape index (κ2) is 6.61. The van der Waals surface area contributed by atoms with E-state index < -0.39 is 0 Å². The minimum Gasteiger partial charge on any atom is -0.378 e. The highest BCUT2D eigenvalue weighted by atomic mass is 35.5. The third-order valence-corrected chi connectivity index (χ3v) is 5.21. The SMILES string of the molecule is CC(=O)N1c2ccc3ncccc3c2[C@@H](Nc2ccc(Cl)cc2)C[C@H]1C. The lowest BCUT2D eigenvalue weighted by Crippen LogP contribution is -2.43. The summed E-state index contributed by atoms with van der Waals surface area (Å²) < 4.78 is 0. The van der Waals surface area contributed by atoms with Gasteiger partial charge in [-0.3, -0.25) is 9.78 Å². The third-order valence-electron chi connectivity index (χ3n) is 4.95. The van der Waals surface area contributed by atoms with E-state index in [2.05, 4.69) is 23.3 Å². The molecule has 0 fully saturated rings. The molecular formula is C21H20ClN3O. The Kier molecular flexibility index (Phi) is 4.29. The van der Waals surface area contributed by atoms with E-state index in [1.807, 2.05) is 47.4 Å². The van der Waals surface area contributed by atoms with E-state index in [0.717, 1.165) is 34.3 Å². The number of nitrogens with one attached hydrogen (secondary N) is 1. The number of amides is 1. The molecule has 1 aliphatic heterocycles. The predicted octanol–water partition coefficient (Wildman–Crippen LogP) is 5.19. The fourth-order valence-electron chi connectivity index (χ4n) is 3.90. The molecule has 0 saturated carbocycles. The Balaban J connectivity index is 1.86. The largest absolute Gasteiger partial charge is 0.378 e. The highest BCUT2D eigenvalue weighted by Crippen LogP contribution is 2.42. The van der Waals surface area contributed by atoms with Crippen molar-refractivity contribution in [3.8, 4) is 0 Å². The Hall–Kier alpha value is -2.59. The monoisotopic (exact) mass is 365 g/mol. The average Bonchev–Trinajstić information content (AvgIpc) is 2.62. The van der Waals surface area contributed by atoms with E-state index in [-0.39, 0.29) is 18.0 Å². The first-order valence-corrected chi connectivity index (χ1v) is 9.12. The van der Waals surface area contributed by atoms with Crippen molar-refractivity contribution >= 4 is 39.8 Å². The quantitative estimate of drug-likeness (QED) is 0.680. The van der Waals surface area contributed by atoms with Crippen molar-refractivity contribution in [2.45, 2.75) is 32.4 Å². The van der Waals surface area contributed by atoms with Crippen LogP contribution in [0, 0.1) is 0 Å². The van der Waals surface area contributed by atoms with Gasteiger partial charge in [-0.1, -0.05) is 17.7 Å². The highest BCUT2D eigenvalue weighted by Gasteiger charge is 2.33. The molecule has 2 aromatic carbocycles. The first kappa shape index (κ1) is 16.9. The molecule has 0 radical (unpaired) electrons. The molecule has 0 aliphatic carbocycles. The van der Waals surface area contributed by atoms with Crippen LogP contribution < -0.4 is 10.2 Å². The molecule has 1 N–H and O–H groups in total. The maximum Gasteiger partial charge on any atom is 0.224 e. The summed E-state index contributed by atoms with van der Waals surface area (Å²) in [7, 11) is 0. The third kappa shape index (κ3) is 2.90. The van der Waals surface area contributed by atoms with Crippen molar-refractivity contribution < 1.29 is 4.79 Å². The highest BCUT2D eigenvalue weighted by molar-refractivity contribution is 6.30. The molecular weight excluding hydrogens is 346 g/mol. The maximum absolute atomic E-state index is 12.3. The molecule has 0 saturated heterocycles. The van der Waals surface area contributed by atoms with Gasteiger partial charge in [-0.15, -0.1) is 0 Å². The lowest BCUT2D eigenvalue weighted by Gasteiger charge is -2.40. The Bertz CT molecular complexity index is 971. The smallest absolute Gasteiger partial charge is 0.224 e. The predicted molar refractivity (Wildman–Crippen MR) is 107 cm³/mol. The van der Waals surface area contributed by atoms with E-state index in [0.29, 0.717) is 5.02 Å². The van der Waals surface area contributed by atoms with Gasteiger partial charge in [0.2, 0.25) is 5.91 Å². The maximum atomic E-state index is 12.3. The standard InChI is InChI=1S/C21H20ClN3O/c1-13-12-19(24-16-7-5-15(22)6-8-16)21-17-4-3-11-23-18(17)9-10-20(21)25(13)14(2)26/h3-11,13,19,24H,12H2,1-2H3/t13-,19+/m1/s1. The van der Waals surface area contributed by atoms with Crippen molar-refractivity contribution in [3.05, 3.63) is 65.3 Å². The lowest BCUT2D eigenvalue weighted by atomic mass is 9.88. The number of aromatic nitrogens is 1. The van der Waals surface area contributed by atoms with Crippen LogP contribution in [-0.2, 0) is 4.79 Å². The van der Waals surface area contributed by atoms with Crippen LogP contribution in [-0.4, -0.2) is 16.9 Å².